The SMILES string of the molecule is CCN(Cc1ccc(Br)s1)C(=O)c1ccc(N)cc1N. The van der Waals surface area contributed by atoms with Crippen LogP contribution in [0.2, 0.25) is 0 Å². The van der Waals surface area contributed by atoms with E-state index in [4.69, 9.17) is 11.5 Å². The Bertz CT molecular complexity index is 627. The first-order valence-electron chi connectivity index (χ1n) is 6.19. The summed E-state index contributed by atoms with van der Waals surface area (Å²) in [5, 5.41) is 0. The van der Waals surface area contributed by atoms with Crippen molar-refractivity contribution in [3.8, 4) is 0 Å². The lowest BCUT2D eigenvalue weighted by molar-refractivity contribution is 0.0755. The highest BCUT2D eigenvalue weighted by Crippen LogP contribution is 2.24. The molecule has 0 saturated carbocycles. The zero-order valence-electron chi connectivity index (χ0n) is 11.1. The van der Waals surface area contributed by atoms with Crippen LogP contribution in [0.1, 0.15) is 22.2 Å². The molecule has 0 spiro atoms. The highest BCUT2D eigenvalue weighted by Gasteiger charge is 2.17. The van der Waals surface area contributed by atoms with Crippen LogP contribution in [0.3, 0.4) is 0 Å². The summed E-state index contributed by atoms with van der Waals surface area (Å²) in [6.07, 6.45) is 0. The van der Waals surface area contributed by atoms with E-state index in [2.05, 4.69) is 15.9 Å². The Morgan fingerprint density at radius 2 is 2.05 bits per heavy atom. The van der Waals surface area contributed by atoms with Gasteiger partial charge in [0.05, 0.1) is 15.9 Å². The first-order valence-corrected chi connectivity index (χ1v) is 7.80. The van der Waals surface area contributed by atoms with Crippen LogP contribution in [0, 0.1) is 0 Å². The van der Waals surface area contributed by atoms with Crippen molar-refractivity contribution < 1.29 is 4.79 Å². The molecule has 20 heavy (non-hydrogen) atoms. The maximum atomic E-state index is 12.5. The average Bonchev–Trinajstić information content (AvgIpc) is 2.81. The number of thiophene rings is 1. The summed E-state index contributed by atoms with van der Waals surface area (Å²) in [5.41, 5.74) is 13.0. The molecule has 1 amide bonds. The maximum Gasteiger partial charge on any atom is 0.256 e. The van der Waals surface area contributed by atoms with Gasteiger partial charge in [-0.3, -0.25) is 4.79 Å². The predicted molar refractivity (Wildman–Crippen MR) is 87.7 cm³/mol. The van der Waals surface area contributed by atoms with Gasteiger partial charge in [0, 0.05) is 22.8 Å². The van der Waals surface area contributed by atoms with Crippen molar-refractivity contribution in [3.05, 3.63) is 44.6 Å². The van der Waals surface area contributed by atoms with Crippen LogP contribution in [-0.2, 0) is 6.54 Å². The van der Waals surface area contributed by atoms with E-state index in [9.17, 15) is 4.79 Å². The van der Waals surface area contributed by atoms with Gasteiger partial charge in [-0.1, -0.05) is 0 Å². The van der Waals surface area contributed by atoms with Crippen molar-refractivity contribution >= 4 is 44.5 Å². The van der Waals surface area contributed by atoms with Gasteiger partial charge in [-0.05, 0) is 53.2 Å². The second-order valence-corrected chi connectivity index (χ2v) is 6.92. The molecule has 0 aliphatic carbocycles. The fourth-order valence-electron chi connectivity index (χ4n) is 1.90. The zero-order chi connectivity index (χ0) is 14.7. The van der Waals surface area contributed by atoms with Gasteiger partial charge in [0.2, 0.25) is 0 Å². The van der Waals surface area contributed by atoms with Crippen LogP contribution in [0.15, 0.2) is 34.1 Å². The molecule has 0 aliphatic heterocycles. The highest BCUT2D eigenvalue weighted by molar-refractivity contribution is 9.11. The number of carbonyl (C=O) groups is 1. The summed E-state index contributed by atoms with van der Waals surface area (Å²) in [6, 6.07) is 8.98. The molecular formula is C14H16BrN3OS. The van der Waals surface area contributed by atoms with E-state index in [0.29, 0.717) is 30.0 Å². The first-order chi connectivity index (χ1) is 9.51. The minimum Gasteiger partial charge on any atom is -0.399 e. The van der Waals surface area contributed by atoms with Crippen LogP contribution in [-0.4, -0.2) is 17.4 Å². The second kappa shape index (κ2) is 6.28. The molecule has 106 valence electrons. The van der Waals surface area contributed by atoms with Crippen LogP contribution in [0.4, 0.5) is 11.4 Å². The Balaban J connectivity index is 2.20. The minimum absolute atomic E-state index is 0.0745. The second-order valence-electron chi connectivity index (χ2n) is 4.37. The topological polar surface area (TPSA) is 72.3 Å². The van der Waals surface area contributed by atoms with E-state index >= 15 is 0 Å². The van der Waals surface area contributed by atoms with Crippen LogP contribution in [0.25, 0.3) is 0 Å². The lowest BCUT2D eigenvalue weighted by Gasteiger charge is -2.21. The third kappa shape index (κ3) is 3.32. The number of hydrogen-bond donors (Lipinski definition) is 2. The van der Waals surface area contributed by atoms with Crippen LogP contribution in [0.5, 0.6) is 0 Å². The molecular weight excluding hydrogens is 338 g/mol. The number of nitrogen functional groups attached to an aromatic ring is 2. The van der Waals surface area contributed by atoms with Crippen molar-refractivity contribution in [1.29, 1.82) is 0 Å². The smallest absolute Gasteiger partial charge is 0.256 e. The molecule has 0 aliphatic rings. The summed E-state index contributed by atoms with van der Waals surface area (Å²) in [5.74, 6) is -0.0745. The summed E-state index contributed by atoms with van der Waals surface area (Å²) in [7, 11) is 0. The molecule has 0 bridgehead atoms. The number of benzene rings is 1. The van der Waals surface area contributed by atoms with E-state index in [0.717, 1.165) is 8.66 Å². The number of amides is 1. The zero-order valence-corrected chi connectivity index (χ0v) is 13.5. The standard InChI is InChI=1S/C14H16BrN3OS/c1-2-18(8-10-4-6-13(15)20-10)14(19)11-5-3-9(16)7-12(11)17/h3-7H,2,8,16-17H2,1H3. The third-order valence-corrected chi connectivity index (χ3v) is 4.56. The van der Waals surface area contributed by atoms with Gasteiger partial charge in [-0.15, -0.1) is 11.3 Å². The third-order valence-electron chi connectivity index (χ3n) is 2.95. The lowest BCUT2D eigenvalue weighted by atomic mass is 10.1. The predicted octanol–water partition coefficient (Wildman–Crippen LogP) is 3.34. The molecule has 2 aromatic rings. The molecule has 2 rings (SSSR count). The van der Waals surface area contributed by atoms with E-state index in [1.54, 1.807) is 34.4 Å². The van der Waals surface area contributed by atoms with Crippen molar-refractivity contribution in [2.75, 3.05) is 18.0 Å². The Morgan fingerprint density at radius 3 is 2.60 bits per heavy atom. The number of hydrogen-bond acceptors (Lipinski definition) is 4. The normalized spacial score (nSPS) is 10.5. The Hall–Kier alpha value is -1.53. The van der Waals surface area contributed by atoms with Crippen molar-refractivity contribution in [1.82, 2.24) is 4.90 Å². The van der Waals surface area contributed by atoms with E-state index < -0.39 is 0 Å². The minimum atomic E-state index is -0.0745. The van der Waals surface area contributed by atoms with Gasteiger partial charge >= 0.3 is 0 Å². The molecule has 1 aromatic heterocycles. The molecule has 0 unspecified atom stereocenters. The molecule has 1 heterocycles. The number of nitrogens with two attached hydrogens (primary N) is 2. The summed E-state index contributed by atoms with van der Waals surface area (Å²) in [4.78, 5) is 15.4. The van der Waals surface area contributed by atoms with Gasteiger partial charge in [0.1, 0.15) is 0 Å². The summed E-state index contributed by atoms with van der Waals surface area (Å²) in [6.45, 7) is 3.15. The molecule has 0 fully saturated rings. The van der Waals surface area contributed by atoms with E-state index in [-0.39, 0.29) is 5.91 Å². The number of carbonyl (C=O) groups excluding carboxylic acids is 1. The maximum absolute atomic E-state index is 12.5. The number of nitrogens with zero attached hydrogens (tertiary/aromatic N) is 1. The fourth-order valence-corrected chi connectivity index (χ4v) is 3.40. The van der Waals surface area contributed by atoms with E-state index in [1.165, 1.54) is 0 Å². The van der Waals surface area contributed by atoms with Gasteiger partial charge < -0.3 is 16.4 Å². The summed E-state index contributed by atoms with van der Waals surface area (Å²) >= 11 is 5.05. The number of halogens is 1. The molecule has 4 nitrogen and oxygen atoms in total. The van der Waals surface area contributed by atoms with Crippen LogP contribution < -0.4 is 11.5 Å². The first kappa shape index (κ1) is 14.9. The monoisotopic (exact) mass is 353 g/mol. The Morgan fingerprint density at radius 1 is 1.30 bits per heavy atom. The van der Waals surface area contributed by atoms with Gasteiger partial charge in [0.15, 0.2) is 0 Å². The molecule has 1 aromatic carbocycles. The molecule has 0 atom stereocenters. The Kier molecular flexibility index (Phi) is 4.67. The number of rotatable bonds is 4. The molecule has 0 saturated heterocycles. The van der Waals surface area contributed by atoms with Crippen molar-refractivity contribution in [3.63, 3.8) is 0 Å². The molecule has 4 N–H and O–H groups in total. The fraction of sp³-hybridized carbons (Fsp3) is 0.214. The molecule has 6 heteroatoms. The van der Waals surface area contributed by atoms with Crippen LogP contribution >= 0.6 is 27.3 Å². The Labute approximate surface area is 130 Å². The van der Waals surface area contributed by atoms with Crippen molar-refractivity contribution in [2.24, 2.45) is 0 Å². The average molecular weight is 354 g/mol. The van der Waals surface area contributed by atoms with Gasteiger partial charge in [-0.25, -0.2) is 0 Å². The largest absolute Gasteiger partial charge is 0.399 e. The molecule has 0 radical (unpaired) electrons. The van der Waals surface area contributed by atoms with Gasteiger partial charge in [-0.2, -0.15) is 0 Å². The highest BCUT2D eigenvalue weighted by atomic mass is 79.9. The number of anilines is 2. The lowest BCUT2D eigenvalue weighted by Crippen LogP contribution is -2.30. The summed E-state index contributed by atoms with van der Waals surface area (Å²) < 4.78 is 1.06. The van der Waals surface area contributed by atoms with E-state index in [1.807, 2.05) is 19.1 Å². The van der Waals surface area contributed by atoms with Gasteiger partial charge in [0.25, 0.3) is 5.91 Å². The van der Waals surface area contributed by atoms with Crippen molar-refractivity contribution in [2.45, 2.75) is 13.5 Å². The quantitative estimate of drug-likeness (QED) is 0.828.